The van der Waals surface area contributed by atoms with Crippen LogP contribution in [0.15, 0.2) is 66.0 Å². The third-order valence-electron chi connectivity index (χ3n) is 5.05. The number of pyridine rings is 2. The molecule has 0 unspecified atom stereocenters. The van der Waals surface area contributed by atoms with Gasteiger partial charge in [-0.05, 0) is 36.8 Å². The molecule has 1 N–H and O–H groups in total. The zero-order valence-electron chi connectivity index (χ0n) is 21.2. The van der Waals surface area contributed by atoms with Gasteiger partial charge < -0.3 is 23.7 Å². The standard InChI is InChI=1S/C25H23N5O8S/c1-15-9-10-20(27-14-15)39(32,33)30-23-21(37-18-8-6-5-7-17(18)34-2)24(35-3)29-22(28-23)16-11-12-26-19(13-16)38-25(31)36-4/h5-14H,1-4H3,(H,28,29,30). The number of rotatable bonds is 9. The molecule has 0 radical (unpaired) electrons. The van der Waals surface area contributed by atoms with Crippen LogP contribution in [0.1, 0.15) is 5.56 Å². The Morgan fingerprint density at radius 3 is 2.36 bits per heavy atom. The number of aromatic nitrogens is 4. The average Bonchev–Trinajstić information content (AvgIpc) is 2.94. The molecule has 0 aliphatic heterocycles. The monoisotopic (exact) mass is 553 g/mol. The summed E-state index contributed by atoms with van der Waals surface area (Å²) >= 11 is 0. The highest BCUT2D eigenvalue weighted by Gasteiger charge is 2.26. The summed E-state index contributed by atoms with van der Waals surface area (Å²) in [4.78, 5) is 28.2. The van der Waals surface area contributed by atoms with E-state index in [0.29, 0.717) is 11.3 Å². The Morgan fingerprint density at radius 1 is 0.923 bits per heavy atom. The Hall–Kier alpha value is -4.98. The van der Waals surface area contributed by atoms with Crippen LogP contribution in [-0.4, -0.2) is 55.8 Å². The van der Waals surface area contributed by atoms with Crippen LogP contribution in [0.3, 0.4) is 0 Å². The van der Waals surface area contributed by atoms with Crippen LogP contribution in [0, 0.1) is 6.92 Å². The fraction of sp³-hybridized carbons (Fsp3) is 0.160. The average molecular weight is 554 g/mol. The molecule has 0 atom stereocenters. The van der Waals surface area contributed by atoms with Gasteiger partial charge in [0.2, 0.25) is 11.6 Å². The van der Waals surface area contributed by atoms with E-state index in [1.165, 1.54) is 44.8 Å². The number of para-hydroxylation sites is 2. The summed E-state index contributed by atoms with van der Waals surface area (Å²) in [5.41, 5.74) is 1.10. The first-order valence-electron chi connectivity index (χ1n) is 11.2. The molecule has 0 amide bonds. The molecule has 14 heteroatoms. The van der Waals surface area contributed by atoms with Crippen molar-refractivity contribution in [2.24, 2.45) is 0 Å². The van der Waals surface area contributed by atoms with Crippen molar-refractivity contribution in [3.05, 3.63) is 66.5 Å². The Kier molecular flexibility index (Phi) is 8.05. The number of nitrogens with zero attached hydrogens (tertiary/aromatic N) is 4. The molecule has 0 aliphatic carbocycles. The maximum atomic E-state index is 13.3. The molecule has 0 saturated carbocycles. The topological polar surface area (TPSA) is 161 Å². The van der Waals surface area contributed by atoms with E-state index in [4.69, 9.17) is 18.9 Å². The number of hydrogen-bond acceptors (Lipinski definition) is 12. The van der Waals surface area contributed by atoms with Gasteiger partial charge in [0.05, 0.1) is 21.3 Å². The van der Waals surface area contributed by atoms with Gasteiger partial charge in [-0.1, -0.05) is 18.2 Å². The summed E-state index contributed by atoms with van der Waals surface area (Å²) in [5, 5.41) is -0.242. The van der Waals surface area contributed by atoms with Crippen LogP contribution in [0.2, 0.25) is 0 Å². The number of anilines is 1. The molecule has 4 aromatic rings. The van der Waals surface area contributed by atoms with Crippen molar-refractivity contribution in [3.8, 4) is 40.4 Å². The summed E-state index contributed by atoms with van der Waals surface area (Å²) < 4.78 is 55.2. The molecular formula is C25H23N5O8S. The maximum Gasteiger partial charge on any atom is 0.514 e. The van der Waals surface area contributed by atoms with E-state index in [1.807, 2.05) is 0 Å². The number of hydrogen-bond donors (Lipinski definition) is 1. The first kappa shape index (κ1) is 27.1. The second-order valence-corrected chi connectivity index (χ2v) is 9.33. The van der Waals surface area contributed by atoms with Crippen molar-refractivity contribution in [1.82, 2.24) is 19.9 Å². The Labute approximate surface area is 223 Å². The van der Waals surface area contributed by atoms with Gasteiger partial charge in [0.15, 0.2) is 28.2 Å². The van der Waals surface area contributed by atoms with Gasteiger partial charge in [0.25, 0.3) is 15.9 Å². The van der Waals surface area contributed by atoms with E-state index < -0.39 is 16.2 Å². The first-order chi connectivity index (χ1) is 18.7. The summed E-state index contributed by atoms with van der Waals surface area (Å²) in [6.07, 6.45) is 1.80. The van der Waals surface area contributed by atoms with E-state index in [9.17, 15) is 13.2 Å². The molecular weight excluding hydrogens is 530 g/mol. The molecule has 0 saturated heterocycles. The van der Waals surface area contributed by atoms with Gasteiger partial charge in [-0.3, -0.25) is 4.72 Å². The van der Waals surface area contributed by atoms with Crippen molar-refractivity contribution in [3.63, 3.8) is 0 Å². The lowest BCUT2D eigenvalue weighted by Crippen LogP contribution is -2.17. The maximum absolute atomic E-state index is 13.3. The molecule has 3 aromatic heterocycles. The highest BCUT2D eigenvalue weighted by Crippen LogP contribution is 2.41. The Bertz CT molecular complexity index is 1600. The second-order valence-electron chi connectivity index (χ2n) is 7.71. The summed E-state index contributed by atoms with van der Waals surface area (Å²) in [5.74, 6) is 0.0393. The van der Waals surface area contributed by atoms with Gasteiger partial charge >= 0.3 is 6.16 Å². The largest absolute Gasteiger partial charge is 0.514 e. The smallest absolute Gasteiger partial charge is 0.493 e. The Morgan fingerprint density at radius 2 is 1.69 bits per heavy atom. The van der Waals surface area contributed by atoms with E-state index in [2.05, 4.69) is 29.4 Å². The van der Waals surface area contributed by atoms with E-state index in [0.717, 1.165) is 12.7 Å². The molecule has 39 heavy (non-hydrogen) atoms. The highest BCUT2D eigenvalue weighted by atomic mass is 32.2. The van der Waals surface area contributed by atoms with Crippen molar-refractivity contribution < 1.29 is 36.9 Å². The van der Waals surface area contributed by atoms with Crippen molar-refractivity contribution in [2.45, 2.75) is 11.9 Å². The van der Waals surface area contributed by atoms with Crippen LogP contribution in [0.4, 0.5) is 10.6 Å². The molecule has 0 fully saturated rings. The minimum Gasteiger partial charge on any atom is -0.493 e. The molecule has 0 aliphatic rings. The quantitative estimate of drug-likeness (QED) is 0.297. The molecule has 13 nitrogen and oxygen atoms in total. The molecule has 4 rings (SSSR count). The number of aryl methyl sites for hydroxylation is 1. The fourth-order valence-electron chi connectivity index (χ4n) is 3.20. The van der Waals surface area contributed by atoms with Gasteiger partial charge in [0, 0.05) is 24.0 Å². The number of sulfonamides is 1. The fourth-order valence-corrected chi connectivity index (χ4v) is 4.13. The highest BCUT2D eigenvalue weighted by molar-refractivity contribution is 7.92. The number of methoxy groups -OCH3 is 3. The van der Waals surface area contributed by atoms with Crippen LogP contribution in [-0.2, 0) is 14.8 Å². The second kappa shape index (κ2) is 11.6. The van der Waals surface area contributed by atoms with Gasteiger partial charge in [-0.15, -0.1) is 0 Å². The number of carbonyl (C=O) groups is 1. The van der Waals surface area contributed by atoms with E-state index in [-0.39, 0.29) is 39.9 Å². The predicted octanol–water partition coefficient (Wildman–Crippen LogP) is 4.00. The minimum absolute atomic E-state index is 0.00547. The van der Waals surface area contributed by atoms with Crippen LogP contribution < -0.4 is 23.7 Å². The number of nitrogens with one attached hydrogen (secondary N) is 1. The zero-order chi connectivity index (χ0) is 28.0. The lowest BCUT2D eigenvalue weighted by atomic mass is 10.2. The Balaban J connectivity index is 1.85. The van der Waals surface area contributed by atoms with Crippen molar-refractivity contribution >= 4 is 22.0 Å². The lowest BCUT2D eigenvalue weighted by molar-refractivity contribution is 0.119. The van der Waals surface area contributed by atoms with Crippen molar-refractivity contribution in [1.29, 1.82) is 0 Å². The minimum atomic E-state index is -4.23. The summed E-state index contributed by atoms with van der Waals surface area (Å²) in [7, 11) is -0.280. The SMILES string of the molecule is COC(=O)Oc1cc(-c2nc(NS(=O)(=O)c3ccc(C)cn3)c(Oc3ccccc3OC)c(OC)n2)ccn1. The van der Waals surface area contributed by atoms with Crippen LogP contribution in [0.5, 0.6) is 29.0 Å². The summed E-state index contributed by atoms with van der Waals surface area (Å²) in [6.45, 7) is 1.78. The van der Waals surface area contributed by atoms with Crippen LogP contribution in [0.25, 0.3) is 11.4 Å². The van der Waals surface area contributed by atoms with Gasteiger partial charge in [0.1, 0.15) is 0 Å². The van der Waals surface area contributed by atoms with Crippen molar-refractivity contribution in [2.75, 3.05) is 26.1 Å². The molecule has 202 valence electrons. The number of ether oxygens (including phenoxy) is 5. The van der Waals surface area contributed by atoms with E-state index in [1.54, 1.807) is 37.3 Å². The van der Waals surface area contributed by atoms with Gasteiger partial charge in [-0.25, -0.2) is 19.7 Å². The van der Waals surface area contributed by atoms with Crippen LogP contribution >= 0.6 is 0 Å². The predicted molar refractivity (Wildman–Crippen MR) is 138 cm³/mol. The van der Waals surface area contributed by atoms with Gasteiger partial charge in [-0.2, -0.15) is 13.4 Å². The number of benzene rings is 1. The lowest BCUT2D eigenvalue weighted by Gasteiger charge is -2.17. The third kappa shape index (κ3) is 6.30. The number of carbonyl (C=O) groups excluding carboxylic acids is 1. The van der Waals surface area contributed by atoms with E-state index >= 15 is 0 Å². The molecule has 0 bridgehead atoms. The zero-order valence-corrected chi connectivity index (χ0v) is 22.1. The molecule has 3 heterocycles. The third-order valence-corrected chi connectivity index (χ3v) is 6.30. The molecule has 1 aromatic carbocycles. The summed E-state index contributed by atoms with van der Waals surface area (Å²) in [6, 6.07) is 12.6. The normalized spacial score (nSPS) is 10.9. The molecule has 0 spiro atoms. The first-order valence-corrected chi connectivity index (χ1v) is 12.7.